The zero-order chi connectivity index (χ0) is 13.0. The molecule has 4 nitrogen and oxygen atoms in total. The van der Waals surface area contributed by atoms with Crippen LogP contribution in [0.25, 0.3) is 0 Å². The Morgan fingerprint density at radius 2 is 1.63 bits per heavy atom. The minimum atomic E-state index is -0.213. The van der Waals surface area contributed by atoms with Gasteiger partial charge in [0.25, 0.3) is 0 Å². The van der Waals surface area contributed by atoms with E-state index >= 15 is 0 Å². The quantitative estimate of drug-likeness (QED) is 0.830. The molecule has 0 radical (unpaired) electrons. The summed E-state index contributed by atoms with van der Waals surface area (Å²) in [7, 11) is 0. The summed E-state index contributed by atoms with van der Waals surface area (Å²) in [6, 6.07) is 0.233. The first-order chi connectivity index (χ1) is 9.24. The van der Waals surface area contributed by atoms with E-state index in [1.807, 2.05) is 0 Å². The molecule has 1 aliphatic heterocycles. The molecule has 4 rings (SSSR count). The first-order valence-corrected chi connectivity index (χ1v) is 7.84. The molecule has 2 amide bonds. The zero-order valence-electron chi connectivity index (χ0n) is 11.3. The summed E-state index contributed by atoms with van der Waals surface area (Å²) in [4.78, 5) is 26.7. The highest BCUT2D eigenvalue weighted by atomic mass is 16.2. The van der Waals surface area contributed by atoms with Gasteiger partial charge < -0.3 is 10.2 Å². The second-order valence-electron chi connectivity index (χ2n) is 6.83. The van der Waals surface area contributed by atoms with E-state index in [-0.39, 0.29) is 17.9 Å². The van der Waals surface area contributed by atoms with Crippen LogP contribution in [0.5, 0.6) is 0 Å². The molecule has 0 aromatic heterocycles. The van der Waals surface area contributed by atoms with Gasteiger partial charge in [-0.2, -0.15) is 0 Å². The Morgan fingerprint density at radius 3 is 2.16 bits per heavy atom. The fourth-order valence-electron chi connectivity index (χ4n) is 3.63. The topological polar surface area (TPSA) is 49.4 Å². The van der Waals surface area contributed by atoms with Crippen molar-refractivity contribution in [3.8, 4) is 0 Å². The summed E-state index contributed by atoms with van der Waals surface area (Å²) in [5, 5.41) is 2.96. The molecule has 0 bridgehead atoms. The van der Waals surface area contributed by atoms with Crippen LogP contribution in [0.3, 0.4) is 0 Å². The standard InChI is InChI=1S/C15H22N2O2/c18-12-7-8-17(14(10-3-4-10)11-5-6-11)15(19)13(16-12)9-1-2-9/h9-11,13-14H,1-8H2,(H,16,18). The molecule has 3 saturated carbocycles. The molecular weight excluding hydrogens is 240 g/mol. The Hall–Kier alpha value is -1.06. The summed E-state index contributed by atoms with van der Waals surface area (Å²) in [6.45, 7) is 0.644. The predicted octanol–water partition coefficient (Wildman–Crippen LogP) is 1.30. The maximum Gasteiger partial charge on any atom is 0.245 e. The summed E-state index contributed by atoms with van der Waals surface area (Å²) >= 11 is 0. The van der Waals surface area contributed by atoms with E-state index in [4.69, 9.17) is 0 Å². The third kappa shape index (κ3) is 2.26. The fourth-order valence-corrected chi connectivity index (χ4v) is 3.63. The number of carbonyl (C=O) groups is 2. The van der Waals surface area contributed by atoms with Crippen molar-refractivity contribution < 1.29 is 9.59 Å². The van der Waals surface area contributed by atoms with Gasteiger partial charge >= 0.3 is 0 Å². The normalized spacial score (nSPS) is 32.5. The number of hydrogen-bond donors (Lipinski definition) is 1. The van der Waals surface area contributed by atoms with Gasteiger partial charge in [0.15, 0.2) is 0 Å². The van der Waals surface area contributed by atoms with Gasteiger partial charge in [-0.3, -0.25) is 9.59 Å². The summed E-state index contributed by atoms with van der Waals surface area (Å²) in [5.41, 5.74) is 0. The maximum absolute atomic E-state index is 12.8. The molecule has 1 heterocycles. The van der Waals surface area contributed by atoms with Crippen molar-refractivity contribution in [2.24, 2.45) is 17.8 Å². The number of nitrogens with one attached hydrogen (secondary N) is 1. The molecule has 0 aromatic carbocycles. The molecule has 0 aromatic rings. The van der Waals surface area contributed by atoms with Crippen molar-refractivity contribution in [3.05, 3.63) is 0 Å². The van der Waals surface area contributed by atoms with Gasteiger partial charge in [-0.25, -0.2) is 0 Å². The lowest BCUT2D eigenvalue weighted by atomic mass is 10.0. The monoisotopic (exact) mass is 262 g/mol. The highest BCUT2D eigenvalue weighted by Crippen LogP contribution is 2.48. The van der Waals surface area contributed by atoms with Crippen molar-refractivity contribution in [2.45, 2.75) is 57.0 Å². The Balaban J connectivity index is 1.57. The summed E-state index contributed by atoms with van der Waals surface area (Å²) < 4.78 is 0. The second-order valence-corrected chi connectivity index (χ2v) is 6.83. The zero-order valence-corrected chi connectivity index (χ0v) is 11.3. The van der Waals surface area contributed by atoms with Gasteiger partial charge in [-0.15, -0.1) is 0 Å². The van der Waals surface area contributed by atoms with Crippen molar-refractivity contribution in [2.75, 3.05) is 6.54 Å². The molecule has 4 aliphatic rings. The van der Waals surface area contributed by atoms with Crippen LogP contribution in [0.4, 0.5) is 0 Å². The van der Waals surface area contributed by atoms with Crippen LogP contribution in [0.1, 0.15) is 44.9 Å². The van der Waals surface area contributed by atoms with Crippen LogP contribution < -0.4 is 5.32 Å². The molecule has 3 aliphatic carbocycles. The maximum atomic E-state index is 12.8. The van der Waals surface area contributed by atoms with Crippen molar-refractivity contribution in [1.29, 1.82) is 0 Å². The van der Waals surface area contributed by atoms with E-state index in [0.29, 0.717) is 24.9 Å². The lowest BCUT2D eigenvalue weighted by molar-refractivity contribution is -0.137. The van der Waals surface area contributed by atoms with Crippen molar-refractivity contribution in [3.63, 3.8) is 0 Å². The average Bonchev–Trinajstić information content (AvgIpc) is 3.27. The Labute approximate surface area is 113 Å². The highest BCUT2D eigenvalue weighted by molar-refractivity contribution is 5.90. The lowest BCUT2D eigenvalue weighted by Gasteiger charge is -2.33. The average molecular weight is 262 g/mol. The molecular formula is C15H22N2O2. The molecule has 4 heteroatoms. The van der Waals surface area contributed by atoms with Crippen LogP contribution in [-0.4, -0.2) is 35.3 Å². The number of hydrogen-bond acceptors (Lipinski definition) is 2. The van der Waals surface area contributed by atoms with E-state index in [1.165, 1.54) is 25.7 Å². The number of amides is 2. The third-order valence-corrected chi connectivity index (χ3v) is 5.11. The van der Waals surface area contributed by atoms with Gasteiger partial charge in [-0.1, -0.05) is 0 Å². The smallest absolute Gasteiger partial charge is 0.245 e. The molecule has 104 valence electrons. The molecule has 1 saturated heterocycles. The Kier molecular flexibility index (Phi) is 2.61. The van der Waals surface area contributed by atoms with Crippen LogP contribution in [0.2, 0.25) is 0 Å². The molecule has 1 unspecified atom stereocenters. The number of carbonyl (C=O) groups excluding carboxylic acids is 2. The SMILES string of the molecule is O=C1CCN(C(C2CC2)C2CC2)C(=O)C(C2CC2)N1. The number of rotatable bonds is 4. The van der Waals surface area contributed by atoms with Gasteiger partial charge in [0.1, 0.15) is 6.04 Å². The van der Waals surface area contributed by atoms with E-state index < -0.39 is 0 Å². The van der Waals surface area contributed by atoms with Crippen LogP contribution in [0.15, 0.2) is 0 Å². The molecule has 0 spiro atoms. The largest absolute Gasteiger partial charge is 0.344 e. The van der Waals surface area contributed by atoms with Gasteiger partial charge in [0, 0.05) is 19.0 Å². The molecule has 4 fully saturated rings. The molecule has 1 N–H and O–H groups in total. The lowest BCUT2D eigenvalue weighted by Crippen LogP contribution is -2.50. The fraction of sp³-hybridized carbons (Fsp3) is 0.867. The Morgan fingerprint density at radius 1 is 1.00 bits per heavy atom. The number of nitrogens with zero attached hydrogens (tertiary/aromatic N) is 1. The van der Waals surface area contributed by atoms with Gasteiger partial charge in [0.05, 0.1) is 0 Å². The van der Waals surface area contributed by atoms with Crippen molar-refractivity contribution in [1.82, 2.24) is 10.2 Å². The summed E-state index contributed by atoms with van der Waals surface area (Å²) in [6.07, 6.45) is 7.80. The predicted molar refractivity (Wildman–Crippen MR) is 70.2 cm³/mol. The minimum Gasteiger partial charge on any atom is -0.344 e. The van der Waals surface area contributed by atoms with E-state index in [2.05, 4.69) is 10.2 Å². The van der Waals surface area contributed by atoms with E-state index in [1.54, 1.807) is 0 Å². The molecule has 1 atom stereocenters. The Bertz CT molecular complexity index is 398. The van der Waals surface area contributed by atoms with Crippen LogP contribution in [-0.2, 0) is 9.59 Å². The van der Waals surface area contributed by atoms with Crippen molar-refractivity contribution >= 4 is 11.8 Å². The van der Waals surface area contributed by atoms with Gasteiger partial charge in [-0.05, 0) is 56.3 Å². The second kappa shape index (κ2) is 4.22. The molecule has 19 heavy (non-hydrogen) atoms. The highest BCUT2D eigenvalue weighted by Gasteiger charge is 2.49. The van der Waals surface area contributed by atoms with E-state index in [0.717, 1.165) is 24.7 Å². The minimum absolute atomic E-state index is 0.0677. The van der Waals surface area contributed by atoms with E-state index in [9.17, 15) is 9.59 Å². The van der Waals surface area contributed by atoms with Crippen LogP contribution in [0, 0.1) is 17.8 Å². The first kappa shape index (κ1) is 11.7. The summed E-state index contributed by atoms with van der Waals surface area (Å²) in [5.74, 6) is 2.15. The van der Waals surface area contributed by atoms with Crippen LogP contribution >= 0.6 is 0 Å². The van der Waals surface area contributed by atoms with Gasteiger partial charge in [0.2, 0.25) is 11.8 Å². The first-order valence-electron chi connectivity index (χ1n) is 7.84. The third-order valence-electron chi connectivity index (χ3n) is 5.11.